The van der Waals surface area contributed by atoms with Crippen LogP contribution in [0.2, 0.25) is 0 Å². The molecule has 1 N–H and O–H groups in total. The zero-order valence-electron chi connectivity index (χ0n) is 13.8. The zero-order chi connectivity index (χ0) is 16.7. The van der Waals surface area contributed by atoms with E-state index in [2.05, 4.69) is 10.2 Å². The highest BCUT2D eigenvalue weighted by molar-refractivity contribution is 7.99. The molecule has 0 fully saturated rings. The number of hydrogen-bond donors (Lipinski definition) is 1. The molecule has 23 heavy (non-hydrogen) atoms. The Kier molecular flexibility index (Phi) is 6.73. The predicted octanol–water partition coefficient (Wildman–Crippen LogP) is 2.40. The highest BCUT2D eigenvalue weighted by Crippen LogP contribution is 2.23. The van der Waals surface area contributed by atoms with Crippen LogP contribution in [0.25, 0.3) is 0 Å². The van der Waals surface area contributed by atoms with Gasteiger partial charge in [0.25, 0.3) is 0 Å². The third-order valence-electron chi connectivity index (χ3n) is 3.42. The summed E-state index contributed by atoms with van der Waals surface area (Å²) in [6.07, 6.45) is 0.780. The van der Waals surface area contributed by atoms with Gasteiger partial charge in [0.2, 0.25) is 0 Å². The first-order chi connectivity index (χ1) is 11.1. The number of thioether (sulfide) groups is 1. The number of ether oxygens (including phenoxy) is 2. The van der Waals surface area contributed by atoms with Crippen molar-refractivity contribution in [2.45, 2.75) is 32.0 Å². The Morgan fingerprint density at radius 3 is 2.70 bits per heavy atom. The van der Waals surface area contributed by atoms with Gasteiger partial charge in [-0.15, -0.1) is 5.10 Å². The average Bonchev–Trinajstić information content (AvgIpc) is 2.87. The summed E-state index contributed by atoms with van der Waals surface area (Å²) in [4.78, 5) is 11.7. The van der Waals surface area contributed by atoms with E-state index in [1.54, 1.807) is 11.7 Å². The van der Waals surface area contributed by atoms with Crippen LogP contribution in [0.5, 0.6) is 5.75 Å². The molecule has 0 spiro atoms. The average molecular weight is 337 g/mol. The minimum Gasteiger partial charge on any atom is -0.492 e. The first kappa shape index (κ1) is 17.6. The first-order valence-corrected chi connectivity index (χ1v) is 8.58. The highest BCUT2D eigenvalue weighted by Gasteiger charge is 2.09. The lowest BCUT2D eigenvalue weighted by Crippen LogP contribution is -2.18. The molecule has 0 saturated heterocycles. The van der Waals surface area contributed by atoms with Crippen LogP contribution in [0.1, 0.15) is 17.5 Å². The minimum atomic E-state index is -0.181. The molecule has 1 heterocycles. The molecular weight excluding hydrogens is 314 g/mol. The van der Waals surface area contributed by atoms with E-state index in [4.69, 9.17) is 9.47 Å². The summed E-state index contributed by atoms with van der Waals surface area (Å²) in [5, 5.41) is 7.25. The molecule has 1 aromatic heterocycles. The van der Waals surface area contributed by atoms with E-state index in [-0.39, 0.29) is 5.69 Å². The summed E-state index contributed by atoms with van der Waals surface area (Å²) in [7, 11) is 1.65. The lowest BCUT2D eigenvalue weighted by Gasteiger charge is -2.11. The third-order valence-corrected chi connectivity index (χ3v) is 4.36. The molecule has 2 rings (SSSR count). The van der Waals surface area contributed by atoms with Crippen LogP contribution in [0, 0.1) is 13.8 Å². The molecule has 1 aromatic carbocycles. The van der Waals surface area contributed by atoms with Crippen LogP contribution in [0.4, 0.5) is 0 Å². The van der Waals surface area contributed by atoms with Crippen LogP contribution >= 0.6 is 11.8 Å². The van der Waals surface area contributed by atoms with E-state index in [1.165, 1.54) is 11.8 Å². The standard InChI is InChI=1S/C16H23N3O3S/c1-12-6-4-7-13(2)14(12)22-10-11-23-16-18-17-15(20)19(16)8-5-9-21-3/h4,6-7H,5,8-11H2,1-3H3,(H,17,20). The summed E-state index contributed by atoms with van der Waals surface area (Å²) in [6.45, 7) is 5.86. The van der Waals surface area contributed by atoms with Crippen molar-refractivity contribution >= 4 is 11.8 Å². The quantitative estimate of drug-likeness (QED) is 0.562. The SMILES string of the molecule is COCCCn1c(SCCOc2c(C)cccc2C)n[nH]c1=O. The van der Waals surface area contributed by atoms with Crippen molar-refractivity contribution < 1.29 is 9.47 Å². The van der Waals surface area contributed by atoms with Crippen molar-refractivity contribution in [3.63, 3.8) is 0 Å². The zero-order valence-corrected chi connectivity index (χ0v) is 14.6. The van der Waals surface area contributed by atoms with Gasteiger partial charge in [0.15, 0.2) is 5.16 Å². The fourth-order valence-corrected chi connectivity index (χ4v) is 3.07. The molecule has 0 aliphatic rings. The number of nitrogens with zero attached hydrogens (tertiary/aromatic N) is 2. The predicted molar refractivity (Wildman–Crippen MR) is 91.5 cm³/mol. The van der Waals surface area contributed by atoms with Crippen LogP contribution in [-0.2, 0) is 11.3 Å². The molecule has 2 aromatic rings. The van der Waals surface area contributed by atoms with E-state index >= 15 is 0 Å². The molecule has 0 radical (unpaired) electrons. The molecule has 6 nitrogen and oxygen atoms in total. The molecule has 126 valence electrons. The lowest BCUT2D eigenvalue weighted by molar-refractivity contribution is 0.189. The van der Waals surface area contributed by atoms with Gasteiger partial charge in [-0.3, -0.25) is 4.57 Å². The van der Waals surface area contributed by atoms with Gasteiger partial charge >= 0.3 is 5.69 Å². The highest BCUT2D eigenvalue weighted by atomic mass is 32.2. The molecule has 0 unspecified atom stereocenters. The number of hydrogen-bond acceptors (Lipinski definition) is 5. The van der Waals surface area contributed by atoms with Crippen LogP contribution in [-0.4, -0.2) is 40.8 Å². The van der Waals surface area contributed by atoms with Crippen LogP contribution in [0.3, 0.4) is 0 Å². The maximum atomic E-state index is 11.7. The Labute approximate surface area is 140 Å². The Hall–Kier alpha value is -1.73. The fourth-order valence-electron chi connectivity index (χ4n) is 2.28. The van der Waals surface area contributed by atoms with Crippen LogP contribution in [0.15, 0.2) is 28.2 Å². The number of aryl methyl sites for hydroxylation is 2. The molecule has 0 amide bonds. The Morgan fingerprint density at radius 1 is 1.26 bits per heavy atom. The largest absolute Gasteiger partial charge is 0.492 e. The second-order valence-corrected chi connectivity index (χ2v) is 6.29. The minimum absolute atomic E-state index is 0.181. The van der Waals surface area contributed by atoms with Crippen molar-refractivity contribution in [3.05, 3.63) is 39.8 Å². The third kappa shape index (κ3) is 4.87. The van der Waals surface area contributed by atoms with Gasteiger partial charge in [0, 0.05) is 26.0 Å². The van der Waals surface area contributed by atoms with Gasteiger partial charge in [-0.05, 0) is 31.4 Å². The van der Waals surface area contributed by atoms with E-state index in [9.17, 15) is 4.79 Å². The van der Waals surface area contributed by atoms with Gasteiger partial charge in [-0.2, -0.15) is 0 Å². The molecule has 0 aliphatic carbocycles. The van der Waals surface area contributed by atoms with Gasteiger partial charge in [0.1, 0.15) is 5.75 Å². The van der Waals surface area contributed by atoms with Crippen molar-refractivity contribution in [2.24, 2.45) is 0 Å². The number of para-hydroxylation sites is 1. The molecular formula is C16H23N3O3S. The summed E-state index contributed by atoms with van der Waals surface area (Å²) in [5.41, 5.74) is 2.08. The normalized spacial score (nSPS) is 10.9. The monoisotopic (exact) mass is 337 g/mol. The van der Waals surface area contributed by atoms with Crippen molar-refractivity contribution in [1.82, 2.24) is 14.8 Å². The summed E-state index contributed by atoms with van der Waals surface area (Å²) in [6, 6.07) is 6.10. The maximum Gasteiger partial charge on any atom is 0.343 e. The van der Waals surface area contributed by atoms with E-state index in [1.807, 2.05) is 32.0 Å². The summed E-state index contributed by atoms with van der Waals surface area (Å²) in [5.74, 6) is 1.66. The van der Waals surface area contributed by atoms with Gasteiger partial charge < -0.3 is 9.47 Å². The van der Waals surface area contributed by atoms with E-state index < -0.39 is 0 Å². The molecule has 0 aliphatic heterocycles. The van der Waals surface area contributed by atoms with Crippen LogP contribution < -0.4 is 10.4 Å². The van der Waals surface area contributed by atoms with Crippen molar-refractivity contribution in [1.29, 1.82) is 0 Å². The summed E-state index contributed by atoms with van der Waals surface area (Å²) < 4.78 is 12.5. The fraction of sp³-hybridized carbons (Fsp3) is 0.500. The number of H-pyrrole nitrogens is 1. The molecule has 7 heteroatoms. The lowest BCUT2D eigenvalue weighted by atomic mass is 10.1. The topological polar surface area (TPSA) is 69.1 Å². The molecule has 0 bridgehead atoms. The number of methoxy groups -OCH3 is 1. The van der Waals surface area contributed by atoms with E-state index in [0.717, 1.165) is 29.1 Å². The smallest absolute Gasteiger partial charge is 0.343 e. The van der Waals surface area contributed by atoms with Gasteiger partial charge in [-0.1, -0.05) is 30.0 Å². The number of nitrogens with one attached hydrogen (secondary N) is 1. The Balaban J connectivity index is 1.86. The Bertz CT molecular complexity index is 661. The van der Waals surface area contributed by atoms with E-state index in [0.29, 0.717) is 24.9 Å². The number of aromatic nitrogens is 3. The van der Waals surface area contributed by atoms with Crippen molar-refractivity contribution in [3.8, 4) is 5.75 Å². The maximum absolute atomic E-state index is 11.7. The number of rotatable bonds is 9. The first-order valence-electron chi connectivity index (χ1n) is 7.59. The molecule has 0 atom stereocenters. The number of benzene rings is 1. The van der Waals surface area contributed by atoms with Crippen molar-refractivity contribution in [2.75, 3.05) is 26.1 Å². The second-order valence-electron chi connectivity index (χ2n) is 5.23. The van der Waals surface area contributed by atoms with Gasteiger partial charge in [-0.25, -0.2) is 9.89 Å². The molecule has 0 saturated carbocycles. The number of aromatic amines is 1. The Morgan fingerprint density at radius 2 is 2.00 bits per heavy atom. The second kappa shape index (κ2) is 8.79. The van der Waals surface area contributed by atoms with Gasteiger partial charge in [0.05, 0.1) is 6.61 Å². The summed E-state index contributed by atoms with van der Waals surface area (Å²) >= 11 is 1.51.